The van der Waals surface area contributed by atoms with Crippen molar-refractivity contribution in [2.75, 3.05) is 6.61 Å². The van der Waals surface area contributed by atoms with Gasteiger partial charge in [-0.2, -0.15) is 5.09 Å². The van der Waals surface area contributed by atoms with Gasteiger partial charge in [-0.1, -0.05) is 0 Å². The van der Waals surface area contributed by atoms with Crippen LogP contribution in [-0.2, 0) is 23.4 Å². The third kappa shape index (κ3) is 7.18. The number of rotatable bonds is 11. The molecule has 1 fully saturated rings. The first-order chi connectivity index (χ1) is 19.3. The number of aromatic nitrogens is 3. The molecule has 41 heavy (non-hydrogen) atoms. The van der Waals surface area contributed by atoms with Crippen LogP contribution in [0.15, 0.2) is 57.7 Å². The van der Waals surface area contributed by atoms with Crippen LogP contribution in [0.5, 0.6) is 5.75 Å². The number of esters is 1. The molecule has 222 valence electrons. The second-order valence-corrected chi connectivity index (χ2v) is 12.3. The number of benzene rings is 1. The second-order valence-electron chi connectivity index (χ2n) is 9.72. The molecule has 1 aliphatic rings. The van der Waals surface area contributed by atoms with Crippen LogP contribution < -0.4 is 20.9 Å². The fourth-order valence-corrected chi connectivity index (χ4v) is 6.16. The molecular weight excluding hydrogens is 582 g/mol. The Kier molecular flexibility index (Phi) is 9.26. The SMILES string of the molecule is CC(C)OC(=O)[C@H](C)NP(=O)(OCC1O[C@@H](n2ccc(=O)[nH]c2=O)[C@](C)(F)[C@@H]1O)Oc1ccc(-c2nccs2)cc1. The maximum absolute atomic E-state index is 15.6. The van der Waals surface area contributed by atoms with Crippen LogP contribution in [-0.4, -0.2) is 62.2 Å². The highest BCUT2D eigenvalue weighted by molar-refractivity contribution is 7.52. The average Bonchev–Trinajstić information content (AvgIpc) is 3.51. The number of aromatic amines is 1. The number of H-pyrrole nitrogens is 1. The largest absolute Gasteiger partial charge is 0.462 e. The monoisotopic (exact) mass is 612 g/mol. The number of halogens is 1. The molecule has 2 aromatic heterocycles. The van der Waals surface area contributed by atoms with E-state index in [4.69, 9.17) is 18.5 Å². The third-order valence-corrected chi connectivity index (χ3v) is 8.51. The molecular formula is C25H30FN4O9PS. The normalized spacial score (nSPS) is 24.6. The van der Waals surface area contributed by atoms with Crippen molar-refractivity contribution in [1.82, 2.24) is 19.6 Å². The molecule has 4 rings (SSSR count). The molecule has 13 nitrogen and oxygen atoms in total. The first-order valence-corrected chi connectivity index (χ1v) is 15.0. The second kappa shape index (κ2) is 12.3. The number of thiazole rings is 1. The van der Waals surface area contributed by atoms with Gasteiger partial charge in [0.25, 0.3) is 5.56 Å². The zero-order valence-corrected chi connectivity index (χ0v) is 24.3. The molecule has 2 unspecified atom stereocenters. The van der Waals surface area contributed by atoms with Crippen molar-refractivity contribution in [2.24, 2.45) is 0 Å². The summed E-state index contributed by atoms with van der Waals surface area (Å²) in [6.45, 7) is 5.05. The van der Waals surface area contributed by atoms with E-state index in [2.05, 4.69) is 10.1 Å². The van der Waals surface area contributed by atoms with Gasteiger partial charge in [0.15, 0.2) is 11.9 Å². The summed E-state index contributed by atoms with van der Waals surface area (Å²) >= 11 is 1.43. The lowest BCUT2D eigenvalue weighted by atomic mass is 9.98. The van der Waals surface area contributed by atoms with Gasteiger partial charge in [-0.3, -0.25) is 23.7 Å². The molecule has 0 spiro atoms. The lowest BCUT2D eigenvalue weighted by Crippen LogP contribution is -2.43. The van der Waals surface area contributed by atoms with Crippen LogP contribution in [0.4, 0.5) is 4.39 Å². The standard InChI is InChI=1S/C25H30FN4O9PS/c1-14(2)37-22(33)15(3)29-40(35,39-17-7-5-16(6-8-17)21-27-10-12-41-21)36-13-18-20(32)25(4,26)23(38-18)30-11-9-19(31)28-24(30)34/h5-12,14-15,18,20,23,32H,13H2,1-4H3,(H,29,35)(H,28,31,34)/t15-,18?,20+,23+,25+,40?/m0/s1. The van der Waals surface area contributed by atoms with Crippen molar-refractivity contribution < 1.29 is 37.4 Å². The summed E-state index contributed by atoms with van der Waals surface area (Å²) in [5, 5.41) is 15.8. The lowest BCUT2D eigenvalue weighted by molar-refractivity contribution is -0.149. The van der Waals surface area contributed by atoms with Crippen molar-refractivity contribution >= 4 is 25.1 Å². The summed E-state index contributed by atoms with van der Waals surface area (Å²) in [5.74, 6) is -0.607. The van der Waals surface area contributed by atoms with E-state index in [-0.39, 0.29) is 5.75 Å². The van der Waals surface area contributed by atoms with Gasteiger partial charge in [0.05, 0.1) is 12.7 Å². The van der Waals surface area contributed by atoms with Crippen LogP contribution in [0, 0.1) is 0 Å². The van der Waals surface area contributed by atoms with Crippen LogP contribution in [0.25, 0.3) is 10.6 Å². The highest BCUT2D eigenvalue weighted by Gasteiger charge is 2.56. The minimum atomic E-state index is -4.39. The Morgan fingerprint density at radius 3 is 2.61 bits per heavy atom. The summed E-state index contributed by atoms with van der Waals surface area (Å²) in [5.41, 5.74) is -3.36. The van der Waals surface area contributed by atoms with Gasteiger partial charge in [-0.25, -0.2) is 18.7 Å². The molecule has 0 bridgehead atoms. The van der Waals surface area contributed by atoms with Gasteiger partial charge in [0, 0.05) is 29.4 Å². The van der Waals surface area contributed by atoms with Crippen LogP contribution in [0.3, 0.4) is 0 Å². The maximum Gasteiger partial charge on any atom is 0.459 e. The molecule has 3 N–H and O–H groups in total. The summed E-state index contributed by atoms with van der Waals surface area (Å²) < 4.78 is 52.2. The number of carbonyl (C=O) groups excluding carboxylic acids is 1. The number of aliphatic hydroxyl groups excluding tert-OH is 1. The van der Waals surface area contributed by atoms with E-state index in [0.717, 1.165) is 34.3 Å². The number of aliphatic hydroxyl groups is 1. The Balaban J connectivity index is 1.54. The van der Waals surface area contributed by atoms with Gasteiger partial charge in [-0.05, 0) is 52.0 Å². The minimum absolute atomic E-state index is 0.117. The Morgan fingerprint density at radius 1 is 1.29 bits per heavy atom. The van der Waals surface area contributed by atoms with Crippen molar-refractivity contribution in [3.63, 3.8) is 0 Å². The Labute approximate surface area is 237 Å². The van der Waals surface area contributed by atoms with Crippen molar-refractivity contribution in [3.8, 4) is 16.3 Å². The van der Waals surface area contributed by atoms with Crippen LogP contribution >= 0.6 is 19.1 Å². The van der Waals surface area contributed by atoms with Gasteiger partial charge >= 0.3 is 19.4 Å². The highest BCUT2D eigenvalue weighted by atomic mass is 32.1. The zero-order valence-electron chi connectivity index (χ0n) is 22.6. The van der Waals surface area contributed by atoms with Gasteiger partial charge in [-0.15, -0.1) is 11.3 Å². The van der Waals surface area contributed by atoms with E-state index in [9.17, 15) is 24.1 Å². The summed E-state index contributed by atoms with van der Waals surface area (Å²) in [7, 11) is -4.39. The predicted molar refractivity (Wildman–Crippen MR) is 146 cm³/mol. The molecule has 3 aromatic rings. The molecule has 1 saturated heterocycles. The summed E-state index contributed by atoms with van der Waals surface area (Å²) in [4.78, 5) is 42.3. The van der Waals surface area contributed by atoms with Crippen LogP contribution in [0.2, 0.25) is 0 Å². The van der Waals surface area contributed by atoms with E-state index in [1.807, 2.05) is 10.4 Å². The minimum Gasteiger partial charge on any atom is -0.462 e. The van der Waals surface area contributed by atoms with E-state index in [0.29, 0.717) is 0 Å². The first-order valence-electron chi connectivity index (χ1n) is 12.6. The van der Waals surface area contributed by atoms with E-state index < -0.39 is 67.8 Å². The lowest BCUT2D eigenvalue weighted by Gasteiger charge is -2.25. The van der Waals surface area contributed by atoms with Crippen molar-refractivity contribution in [1.29, 1.82) is 0 Å². The Morgan fingerprint density at radius 2 is 2.00 bits per heavy atom. The number of nitrogens with zero attached hydrogens (tertiary/aromatic N) is 2. The van der Waals surface area contributed by atoms with E-state index in [1.54, 1.807) is 32.2 Å². The van der Waals surface area contributed by atoms with Gasteiger partial charge in [0.1, 0.15) is 29.0 Å². The molecule has 0 aliphatic carbocycles. The summed E-state index contributed by atoms with van der Waals surface area (Å²) in [6, 6.07) is 6.30. The summed E-state index contributed by atoms with van der Waals surface area (Å²) in [6.07, 6.45) is -2.63. The zero-order chi connectivity index (χ0) is 29.9. The fraction of sp³-hybridized carbons (Fsp3) is 0.440. The van der Waals surface area contributed by atoms with Gasteiger partial charge < -0.3 is 19.1 Å². The topological polar surface area (TPSA) is 171 Å². The van der Waals surface area contributed by atoms with E-state index >= 15 is 4.39 Å². The number of alkyl halides is 1. The molecule has 3 heterocycles. The molecule has 16 heteroatoms. The number of hydrogen-bond donors (Lipinski definition) is 3. The highest BCUT2D eigenvalue weighted by Crippen LogP contribution is 2.47. The Hall–Kier alpha value is -3.20. The fourth-order valence-electron chi connectivity index (χ4n) is 4.01. The predicted octanol–water partition coefficient (Wildman–Crippen LogP) is 2.78. The number of nitrogens with one attached hydrogen (secondary N) is 2. The average molecular weight is 613 g/mol. The van der Waals surface area contributed by atoms with Crippen molar-refractivity contribution in [2.45, 2.75) is 63.9 Å². The van der Waals surface area contributed by atoms with E-state index in [1.165, 1.54) is 30.4 Å². The first kappa shape index (κ1) is 30.8. The molecule has 1 aromatic carbocycles. The number of carbonyl (C=O) groups is 1. The quantitative estimate of drug-likeness (QED) is 0.215. The number of hydrogen-bond acceptors (Lipinski definition) is 11. The third-order valence-electron chi connectivity index (χ3n) is 6.05. The molecule has 1 aliphatic heterocycles. The molecule has 6 atom stereocenters. The maximum atomic E-state index is 15.6. The van der Waals surface area contributed by atoms with Crippen molar-refractivity contribution in [3.05, 3.63) is 68.9 Å². The van der Waals surface area contributed by atoms with Crippen LogP contribution in [0.1, 0.15) is 33.9 Å². The van der Waals surface area contributed by atoms with Gasteiger partial charge in [0.2, 0.25) is 0 Å². The molecule has 0 radical (unpaired) electrons. The Bertz CT molecular complexity index is 1510. The molecule has 0 saturated carbocycles. The number of ether oxygens (including phenoxy) is 2. The molecule has 0 amide bonds. The smallest absolute Gasteiger partial charge is 0.459 e.